The summed E-state index contributed by atoms with van der Waals surface area (Å²) < 4.78 is 27.0. The lowest BCUT2D eigenvalue weighted by Crippen LogP contribution is -2.33. The Kier molecular flexibility index (Phi) is 2.22. The Balaban J connectivity index is 2.76. The molecule has 5 heteroatoms. The highest BCUT2D eigenvalue weighted by Crippen LogP contribution is 2.23. The molecule has 0 radical (unpaired) electrons. The third-order valence-corrected chi connectivity index (χ3v) is 3.38. The van der Waals surface area contributed by atoms with Gasteiger partial charge in [-0.25, -0.2) is 13.6 Å². The largest absolute Gasteiger partial charge is 0.374 e. The summed E-state index contributed by atoms with van der Waals surface area (Å²) >= 11 is 0. The van der Waals surface area contributed by atoms with E-state index >= 15 is 0 Å². The van der Waals surface area contributed by atoms with Crippen molar-refractivity contribution in [1.29, 1.82) is 0 Å². The molecule has 0 aromatic carbocycles. The SMILES string of the molecule is CC1CC(S(N)(=O)=O)C(C)O1. The molecule has 1 aliphatic rings. The van der Waals surface area contributed by atoms with Crippen LogP contribution in [0.5, 0.6) is 0 Å². The molecule has 66 valence electrons. The van der Waals surface area contributed by atoms with Crippen LogP contribution in [0.2, 0.25) is 0 Å². The van der Waals surface area contributed by atoms with Gasteiger partial charge in [-0.3, -0.25) is 0 Å². The summed E-state index contributed by atoms with van der Waals surface area (Å²) in [5, 5.41) is 4.47. The number of ether oxygens (including phenoxy) is 1. The quantitative estimate of drug-likeness (QED) is 0.608. The maximum Gasteiger partial charge on any atom is 0.214 e. The van der Waals surface area contributed by atoms with Gasteiger partial charge in [0.2, 0.25) is 10.0 Å². The number of hydrogen-bond acceptors (Lipinski definition) is 3. The second-order valence-corrected chi connectivity index (χ2v) is 4.80. The van der Waals surface area contributed by atoms with Crippen molar-refractivity contribution in [2.75, 3.05) is 0 Å². The normalized spacial score (nSPS) is 39.4. The summed E-state index contributed by atoms with van der Waals surface area (Å²) in [5.41, 5.74) is 0. The standard InChI is InChI=1S/C6H13NO3S/c1-4-3-6(5(2)10-4)11(7,8)9/h4-6H,3H2,1-2H3,(H2,7,8,9). The number of primary sulfonamides is 1. The van der Waals surface area contributed by atoms with E-state index in [0.29, 0.717) is 6.42 Å². The topological polar surface area (TPSA) is 69.4 Å². The van der Waals surface area contributed by atoms with Gasteiger partial charge < -0.3 is 4.74 Å². The molecule has 0 spiro atoms. The minimum Gasteiger partial charge on any atom is -0.374 e. The van der Waals surface area contributed by atoms with E-state index in [0.717, 1.165) is 0 Å². The van der Waals surface area contributed by atoms with Gasteiger partial charge in [0.15, 0.2) is 0 Å². The maximum absolute atomic E-state index is 10.9. The molecule has 11 heavy (non-hydrogen) atoms. The fourth-order valence-electron chi connectivity index (χ4n) is 1.43. The van der Waals surface area contributed by atoms with E-state index in [9.17, 15) is 8.42 Å². The highest BCUT2D eigenvalue weighted by molar-refractivity contribution is 7.89. The molecule has 0 amide bonds. The first kappa shape index (κ1) is 8.96. The first-order chi connectivity index (χ1) is 4.91. The molecule has 1 saturated heterocycles. The fraction of sp³-hybridized carbons (Fsp3) is 1.00. The van der Waals surface area contributed by atoms with Gasteiger partial charge in [-0.1, -0.05) is 0 Å². The third-order valence-electron chi connectivity index (χ3n) is 1.96. The second kappa shape index (κ2) is 2.73. The molecule has 0 aromatic rings. The smallest absolute Gasteiger partial charge is 0.214 e. The Morgan fingerprint density at radius 3 is 2.18 bits per heavy atom. The van der Waals surface area contributed by atoms with Gasteiger partial charge in [-0.15, -0.1) is 0 Å². The van der Waals surface area contributed by atoms with Gasteiger partial charge in [0.1, 0.15) is 5.25 Å². The predicted molar refractivity (Wildman–Crippen MR) is 41.5 cm³/mol. The van der Waals surface area contributed by atoms with Crippen molar-refractivity contribution in [1.82, 2.24) is 0 Å². The van der Waals surface area contributed by atoms with Gasteiger partial charge >= 0.3 is 0 Å². The first-order valence-electron chi connectivity index (χ1n) is 3.58. The molecule has 2 N–H and O–H groups in total. The molecule has 0 saturated carbocycles. The summed E-state index contributed by atoms with van der Waals surface area (Å²) in [6.45, 7) is 3.58. The van der Waals surface area contributed by atoms with Crippen LogP contribution in [0.25, 0.3) is 0 Å². The van der Waals surface area contributed by atoms with Crippen LogP contribution >= 0.6 is 0 Å². The lowest BCUT2D eigenvalue weighted by Gasteiger charge is -2.09. The molecule has 3 unspecified atom stereocenters. The summed E-state index contributed by atoms with van der Waals surface area (Å²) in [7, 11) is -3.41. The van der Waals surface area contributed by atoms with Crippen LogP contribution in [0.3, 0.4) is 0 Å². The summed E-state index contributed by atoms with van der Waals surface area (Å²) in [6.07, 6.45) is 0.258. The van der Waals surface area contributed by atoms with Gasteiger partial charge in [-0.2, -0.15) is 0 Å². The Morgan fingerprint density at radius 1 is 1.45 bits per heavy atom. The highest BCUT2D eigenvalue weighted by Gasteiger charge is 2.37. The van der Waals surface area contributed by atoms with E-state index in [-0.39, 0.29) is 12.2 Å². The summed E-state index contributed by atoms with van der Waals surface area (Å²) in [5.74, 6) is 0. The van der Waals surface area contributed by atoms with Crippen molar-refractivity contribution >= 4 is 10.0 Å². The number of hydrogen-bond donors (Lipinski definition) is 1. The van der Waals surface area contributed by atoms with Crippen molar-refractivity contribution in [2.24, 2.45) is 5.14 Å². The minimum absolute atomic E-state index is 0.00771. The van der Waals surface area contributed by atoms with Crippen LogP contribution in [0.15, 0.2) is 0 Å². The van der Waals surface area contributed by atoms with Gasteiger partial charge in [0, 0.05) is 0 Å². The maximum atomic E-state index is 10.9. The number of rotatable bonds is 1. The van der Waals surface area contributed by atoms with Crippen molar-refractivity contribution in [3.63, 3.8) is 0 Å². The molecular formula is C6H13NO3S. The van der Waals surface area contributed by atoms with Crippen molar-refractivity contribution < 1.29 is 13.2 Å². The molecule has 0 aromatic heterocycles. The van der Waals surface area contributed by atoms with E-state index in [1.165, 1.54) is 0 Å². The van der Waals surface area contributed by atoms with Crippen LogP contribution in [0.4, 0.5) is 0 Å². The molecule has 3 atom stereocenters. The van der Waals surface area contributed by atoms with E-state index in [1.807, 2.05) is 6.92 Å². The molecule has 0 bridgehead atoms. The van der Waals surface area contributed by atoms with Crippen LogP contribution in [-0.4, -0.2) is 25.9 Å². The predicted octanol–water partition coefficient (Wildman–Crippen LogP) is -0.159. The van der Waals surface area contributed by atoms with Crippen LogP contribution in [-0.2, 0) is 14.8 Å². The van der Waals surface area contributed by atoms with Crippen LogP contribution < -0.4 is 5.14 Å². The lowest BCUT2D eigenvalue weighted by atomic mass is 10.2. The zero-order chi connectivity index (χ0) is 8.65. The Bertz CT molecular complexity index is 236. The van der Waals surface area contributed by atoms with Crippen molar-refractivity contribution in [3.05, 3.63) is 0 Å². The number of sulfonamides is 1. The molecule has 1 rings (SSSR count). The zero-order valence-electron chi connectivity index (χ0n) is 6.65. The number of nitrogens with two attached hydrogens (primary N) is 1. The zero-order valence-corrected chi connectivity index (χ0v) is 7.47. The molecule has 0 aliphatic carbocycles. The molecule has 1 aliphatic heterocycles. The van der Waals surface area contributed by atoms with E-state index in [1.54, 1.807) is 6.92 Å². The average Bonchev–Trinajstić information content (AvgIpc) is 2.08. The average molecular weight is 179 g/mol. The Labute approximate surface area is 66.8 Å². The Morgan fingerprint density at radius 2 is 2.00 bits per heavy atom. The van der Waals surface area contributed by atoms with Gasteiger partial charge in [-0.05, 0) is 20.3 Å². The molecule has 1 fully saturated rings. The van der Waals surface area contributed by atoms with E-state index in [2.05, 4.69) is 0 Å². The Hall–Kier alpha value is -0.130. The fourth-order valence-corrected chi connectivity index (χ4v) is 2.57. The van der Waals surface area contributed by atoms with Gasteiger partial charge in [0.25, 0.3) is 0 Å². The van der Waals surface area contributed by atoms with E-state index in [4.69, 9.17) is 9.88 Å². The van der Waals surface area contributed by atoms with Crippen LogP contribution in [0, 0.1) is 0 Å². The lowest BCUT2D eigenvalue weighted by molar-refractivity contribution is 0.0679. The first-order valence-corrected chi connectivity index (χ1v) is 5.19. The summed E-state index contributed by atoms with van der Waals surface area (Å²) in [4.78, 5) is 0. The molecular weight excluding hydrogens is 166 g/mol. The second-order valence-electron chi connectivity index (χ2n) is 3.01. The van der Waals surface area contributed by atoms with Crippen molar-refractivity contribution in [3.8, 4) is 0 Å². The molecule has 4 nitrogen and oxygen atoms in total. The van der Waals surface area contributed by atoms with Crippen LogP contribution in [0.1, 0.15) is 20.3 Å². The monoisotopic (exact) mass is 179 g/mol. The highest BCUT2D eigenvalue weighted by atomic mass is 32.2. The van der Waals surface area contributed by atoms with Gasteiger partial charge in [0.05, 0.1) is 12.2 Å². The van der Waals surface area contributed by atoms with Crippen molar-refractivity contribution in [2.45, 2.75) is 37.7 Å². The minimum atomic E-state index is -3.41. The molecule has 1 heterocycles. The summed E-state index contributed by atoms with van der Waals surface area (Å²) in [6, 6.07) is 0. The third kappa shape index (κ3) is 1.91. The van der Waals surface area contributed by atoms with E-state index < -0.39 is 15.3 Å².